The first-order valence-corrected chi connectivity index (χ1v) is 17.8. The van der Waals surface area contributed by atoms with Crippen LogP contribution in [0.15, 0.2) is 78.9 Å². The lowest BCUT2D eigenvalue weighted by molar-refractivity contribution is 0.322. The van der Waals surface area contributed by atoms with Crippen molar-refractivity contribution in [1.82, 2.24) is 10.2 Å². The molecule has 3 aromatic rings. The van der Waals surface area contributed by atoms with Crippen LogP contribution in [-0.4, -0.2) is 45.1 Å². The molecule has 6 heteroatoms. The minimum absolute atomic E-state index is 0.126. The molecule has 0 aliphatic rings. The molecular formula is C34H48N2O2SSi. The number of methoxy groups -OCH3 is 1. The van der Waals surface area contributed by atoms with Crippen molar-refractivity contribution >= 4 is 25.6 Å². The third-order valence-corrected chi connectivity index (χ3v) is 13.0. The van der Waals surface area contributed by atoms with Crippen LogP contribution >= 0.6 is 12.2 Å². The second-order valence-corrected chi connectivity index (χ2v) is 17.3. The first-order valence-electron chi connectivity index (χ1n) is 14.4. The summed E-state index contributed by atoms with van der Waals surface area (Å²) >= 11 is 5.85. The highest BCUT2D eigenvalue weighted by molar-refractivity contribution is 7.80. The summed E-state index contributed by atoms with van der Waals surface area (Å²) in [4.78, 5) is 2.26. The van der Waals surface area contributed by atoms with Gasteiger partial charge in [0, 0.05) is 19.6 Å². The Morgan fingerprint density at radius 2 is 1.38 bits per heavy atom. The molecule has 3 aromatic carbocycles. The monoisotopic (exact) mass is 576 g/mol. The number of nitrogens with one attached hydrogen (secondary N) is 1. The van der Waals surface area contributed by atoms with E-state index in [2.05, 4.69) is 130 Å². The lowest BCUT2D eigenvalue weighted by Gasteiger charge is -2.36. The number of thiocarbonyl (C=S) groups is 1. The third kappa shape index (κ3) is 9.38. The number of hydrogen-bond donors (Lipinski definition) is 1. The van der Waals surface area contributed by atoms with Crippen LogP contribution in [0, 0.1) is 0 Å². The van der Waals surface area contributed by atoms with Gasteiger partial charge in [-0.2, -0.15) is 0 Å². The Hall–Kier alpha value is -2.83. The van der Waals surface area contributed by atoms with Crippen molar-refractivity contribution < 1.29 is 9.16 Å². The van der Waals surface area contributed by atoms with Crippen LogP contribution in [0.4, 0.5) is 0 Å². The molecule has 1 unspecified atom stereocenters. The van der Waals surface area contributed by atoms with E-state index < -0.39 is 8.32 Å². The van der Waals surface area contributed by atoms with E-state index in [0.717, 1.165) is 55.3 Å². The predicted octanol–water partition coefficient (Wildman–Crippen LogP) is 8.06. The van der Waals surface area contributed by atoms with Gasteiger partial charge in [0.05, 0.1) is 7.11 Å². The smallest absolute Gasteiger partial charge is 0.250 e. The van der Waals surface area contributed by atoms with Crippen LogP contribution in [0.2, 0.25) is 18.1 Å². The molecular weight excluding hydrogens is 529 g/mol. The summed E-state index contributed by atoms with van der Waals surface area (Å²) in [5, 5.41) is 4.43. The normalized spacial score (nSPS) is 12.5. The quantitative estimate of drug-likeness (QED) is 0.164. The van der Waals surface area contributed by atoms with Crippen LogP contribution in [0.1, 0.15) is 50.3 Å². The highest BCUT2D eigenvalue weighted by atomic mass is 32.1. The zero-order valence-corrected chi connectivity index (χ0v) is 27.3. The van der Waals surface area contributed by atoms with Gasteiger partial charge in [0.25, 0.3) is 8.32 Å². The molecule has 1 atom stereocenters. The Balaban J connectivity index is 1.67. The third-order valence-electron chi connectivity index (χ3n) is 8.18. The lowest BCUT2D eigenvalue weighted by Crippen LogP contribution is -2.44. The van der Waals surface area contributed by atoms with Crippen LogP contribution in [-0.2, 0) is 19.3 Å². The molecule has 0 amide bonds. The fourth-order valence-corrected chi connectivity index (χ4v) is 5.75. The molecule has 0 bridgehead atoms. The number of benzene rings is 3. The summed E-state index contributed by atoms with van der Waals surface area (Å²) in [5.41, 5.74) is 3.93. The minimum Gasteiger partial charge on any atom is -0.541 e. The Kier molecular flexibility index (Phi) is 11.6. The highest BCUT2D eigenvalue weighted by Gasteiger charge is 2.39. The Bertz CT molecular complexity index is 1200. The minimum atomic E-state index is -1.96. The summed E-state index contributed by atoms with van der Waals surface area (Å²) in [6.07, 6.45) is 4.94. The molecule has 1 N–H and O–H groups in total. The molecule has 0 saturated carbocycles. The fraction of sp³-hybridized carbons (Fsp3) is 0.441. The van der Waals surface area contributed by atoms with Gasteiger partial charge in [0.1, 0.15) is 5.75 Å². The van der Waals surface area contributed by atoms with E-state index in [4.69, 9.17) is 21.4 Å². The van der Waals surface area contributed by atoms with E-state index in [1.54, 1.807) is 7.11 Å². The molecule has 3 rings (SSSR count). The highest BCUT2D eigenvalue weighted by Crippen LogP contribution is 2.40. The van der Waals surface area contributed by atoms with Crippen molar-refractivity contribution in [2.45, 2.75) is 77.0 Å². The SMILES string of the molecule is COc1cc(CCC(CCc2ccccc2)N(C)C(=S)NCCc2ccccc2)ccc1O[Si](C)(C)C(C)(C)C. The first kappa shape index (κ1) is 31.7. The zero-order chi connectivity index (χ0) is 29.2. The fourth-order valence-electron chi connectivity index (χ4n) is 4.47. The maximum atomic E-state index is 6.58. The van der Waals surface area contributed by atoms with Gasteiger partial charge in [-0.15, -0.1) is 0 Å². The van der Waals surface area contributed by atoms with E-state index in [1.165, 1.54) is 16.7 Å². The summed E-state index contributed by atoms with van der Waals surface area (Å²) in [6, 6.07) is 28.0. The van der Waals surface area contributed by atoms with Gasteiger partial charge in [-0.1, -0.05) is 87.5 Å². The Labute approximate surface area is 249 Å². The summed E-state index contributed by atoms with van der Waals surface area (Å²) in [5.74, 6) is 1.66. The topological polar surface area (TPSA) is 33.7 Å². The van der Waals surface area contributed by atoms with Crippen LogP contribution in [0.3, 0.4) is 0 Å². The number of rotatable bonds is 13. The molecule has 0 fully saturated rings. The largest absolute Gasteiger partial charge is 0.541 e. The van der Waals surface area contributed by atoms with E-state index in [9.17, 15) is 0 Å². The maximum Gasteiger partial charge on any atom is 0.250 e. The van der Waals surface area contributed by atoms with Crippen molar-refractivity contribution in [2.24, 2.45) is 0 Å². The van der Waals surface area contributed by atoms with Crippen LogP contribution < -0.4 is 14.5 Å². The summed E-state index contributed by atoms with van der Waals surface area (Å²) < 4.78 is 12.4. The molecule has 0 heterocycles. The van der Waals surface area contributed by atoms with E-state index in [1.807, 2.05) is 0 Å². The van der Waals surface area contributed by atoms with Gasteiger partial charge in [0.2, 0.25) is 0 Å². The predicted molar refractivity (Wildman–Crippen MR) is 176 cm³/mol. The second-order valence-electron chi connectivity index (χ2n) is 12.1. The number of nitrogens with zero attached hydrogens (tertiary/aromatic N) is 1. The molecule has 216 valence electrons. The molecule has 0 saturated heterocycles. The van der Waals surface area contributed by atoms with Gasteiger partial charge in [-0.3, -0.25) is 0 Å². The Morgan fingerprint density at radius 3 is 1.93 bits per heavy atom. The Morgan fingerprint density at radius 1 is 0.825 bits per heavy atom. The standard InChI is InChI=1S/C34H48N2O2SSi/c1-34(2,3)40(6,7)38-31-23-20-29(26-32(31)37-5)19-22-30(21-18-27-14-10-8-11-15-27)36(4)33(39)35-25-24-28-16-12-9-13-17-28/h8-17,20,23,26,30H,18-19,21-22,24-25H2,1-7H3,(H,35,39). The summed E-state index contributed by atoms with van der Waals surface area (Å²) in [7, 11) is 1.90. The number of ether oxygens (including phenoxy) is 1. The van der Waals surface area contributed by atoms with Gasteiger partial charge in [-0.05, 0) is 91.3 Å². The van der Waals surface area contributed by atoms with E-state index >= 15 is 0 Å². The average molecular weight is 577 g/mol. The molecule has 0 aromatic heterocycles. The molecule has 0 radical (unpaired) electrons. The van der Waals surface area contributed by atoms with Gasteiger partial charge in [-0.25, -0.2) is 0 Å². The molecule has 40 heavy (non-hydrogen) atoms. The molecule has 0 aliphatic heterocycles. The number of hydrogen-bond acceptors (Lipinski definition) is 3. The van der Waals surface area contributed by atoms with Crippen LogP contribution in [0.25, 0.3) is 0 Å². The maximum absolute atomic E-state index is 6.58. The average Bonchev–Trinajstić information content (AvgIpc) is 2.93. The first-order chi connectivity index (χ1) is 19.0. The van der Waals surface area contributed by atoms with Gasteiger partial charge < -0.3 is 19.4 Å². The van der Waals surface area contributed by atoms with Crippen LogP contribution in [0.5, 0.6) is 11.5 Å². The van der Waals surface area contributed by atoms with Gasteiger partial charge >= 0.3 is 0 Å². The van der Waals surface area contributed by atoms with E-state index in [-0.39, 0.29) is 5.04 Å². The van der Waals surface area contributed by atoms with Gasteiger partial charge in [0.15, 0.2) is 10.9 Å². The second kappa shape index (κ2) is 14.7. The molecule has 0 aliphatic carbocycles. The number of aryl methyl sites for hydroxylation is 2. The molecule has 0 spiro atoms. The van der Waals surface area contributed by atoms with Crippen molar-refractivity contribution in [1.29, 1.82) is 0 Å². The van der Waals surface area contributed by atoms with E-state index in [0.29, 0.717) is 6.04 Å². The van der Waals surface area contributed by atoms with Crippen molar-refractivity contribution in [3.05, 3.63) is 95.6 Å². The van der Waals surface area contributed by atoms with Crippen molar-refractivity contribution in [2.75, 3.05) is 20.7 Å². The van der Waals surface area contributed by atoms with Crippen molar-refractivity contribution in [3.63, 3.8) is 0 Å². The van der Waals surface area contributed by atoms with Crippen molar-refractivity contribution in [3.8, 4) is 11.5 Å². The molecule has 4 nitrogen and oxygen atoms in total. The summed E-state index contributed by atoms with van der Waals surface area (Å²) in [6.45, 7) is 12.1. The zero-order valence-electron chi connectivity index (χ0n) is 25.5. The lowest BCUT2D eigenvalue weighted by atomic mass is 9.98.